The summed E-state index contributed by atoms with van der Waals surface area (Å²) in [6, 6.07) is 21.3. The fourth-order valence-electron chi connectivity index (χ4n) is 5.13. The van der Waals surface area contributed by atoms with Gasteiger partial charge < -0.3 is 4.90 Å². The summed E-state index contributed by atoms with van der Waals surface area (Å²) < 4.78 is 0. The Kier molecular flexibility index (Phi) is 8.49. The second-order valence-electron chi connectivity index (χ2n) is 8.25. The van der Waals surface area contributed by atoms with Crippen molar-refractivity contribution in [2.75, 3.05) is 4.90 Å². The first kappa shape index (κ1) is 25.1. The Bertz CT molecular complexity index is 1160. The molecule has 174 valence electrons. The molecule has 1 atom stereocenters. The lowest BCUT2D eigenvalue weighted by Crippen LogP contribution is -2.43. The van der Waals surface area contributed by atoms with Gasteiger partial charge in [0.2, 0.25) is 0 Å². The topological polar surface area (TPSA) is 3.24 Å². The number of benzene rings is 2. The highest BCUT2D eigenvalue weighted by molar-refractivity contribution is 5.78. The summed E-state index contributed by atoms with van der Waals surface area (Å²) in [5.74, 6) is 0. The maximum atomic E-state index is 4.34. The van der Waals surface area contributed by atoms with Crippen molar-refractivity contribution < 1.29 is 0 Å². The molecule has 1 nitrogen and oxygen atoms in total. The number of para-hydroxylation sites is 1. The molecule has 0 saturated carbocycles. The molecule has 0 amide bonds. The van der Waals surface area contributed by atoms with Crippen molar-refractivity contribution in [3.63, 3.8) is 0 Å². The molecule has 0 fully saturated rings. The molecule has 0 spiro atoms. The molecule has 0 aromatic heterocycles. The largest absolute Gasteiger partial charge is 0.310 e. The van der Waals surface area contributed by atoms with E-state index in [-0.39, 0.29) is 0 Å². The maximum absolute atomic E-state index is 4.34. The van der Waals surface area contributed by atoms with E-state index in [0.29, 0.717) is 0 Å². The first-order valence-electron chi connectivity index (χ1n) is 12.3. The van der Waals surface area contributed by atoms with Crippen LogP contribution in [0.4, 0.5) is 5.69 Å². The van der Waals surface area contributed by atoms with Crippen molar-refractivity contribution >= 4 is 5.69 Å². The predicted molar refractivity (Wildman–Crippen MR) is 150 cm³/mol. The first-order chi connectivity index (χ1) is 16.6. The van der Waals surface area contributed by atoms with Crippen LogP contribution in [0.3, 0.4) is 0 Å². The Labute approximate surface area is 206 Å². The van der Waals surface area contributed by atoms with Gasteiger partial charge in [0, 0.05) is 11.4 Å². The lowest BCUT2D eigenvalue weighted by Gasteiger charge is -2.49. The van der Waals surface area contributed by atoms with Crippen molar-refractivity contribution in [1.82, 2.24) is 0 Å². The van der Waals surface area contributed by atoms with Gasteiger partial charge in [-0.2, -0.15) is 0 Å². The van der Waals surface area contributed by atoms with Gasteiger partial charge in [-0.25, -0.2) is 0 Å². The Morgan fingerprint density at radius 3 is 2.03 bits per heavy atom. The van der Waals surface area contributed by atoms with Crippen LogP contribution in [-0.2, 0) is 5.41 Å². The first-order valence-corrected chi connectivity index (χ1v) is 12.3. The van der Waals surface area contributed by atoms with Crippen molar-refractivity contribution in [3.05, 3.63) is 150 Å². The molecule has 0 bridgehead atoms. The molecule has 1 aliphatic heterocycles. The molecule has 34 heavy (non-hydrogen) atoms. The minimum atomic E-state index is -0.506. The quantitative estimate of drug-likeness (QED) is 0.364. The number of nitrogens with zero attached hydrogens (tertiary/aromatic N) is 1. The number of hydrogen-bond donors (Lipinski definition) is 0. The number of hydrogen-bond acceptors (Lipinski definition) is 1. The molecule has 3 rings (SSSR count). The standard InChI is InChI=1S/C33H37N/c1-7-13-21-26(9-3)33(27-22-16-14-17-23-27)29(10-4)31(12-6)34(28-24-18-15-19-25-28)32(20-8-2)30(33)11-5/h9-25H,4,6-8H2,1-3,5H3/b21-13-,26-9+,30-11+,32-20+. The highest BCUT2D eigenvalue weighted by Crippen LogP contribution is 2.55. The fourth-order valence-corrected chi connectivity index (χ4v) is 5.13. The minimum absolute atomic E-state index is 0.506. The molecule has 0 N–H and O–H groups in total. The summed E-state index contributed by atoms with van der Waals surface area (Å²) in [4.78, 5) is 2.33. The molecule has 2 aromatic carbocycles. The van der Waals surface area contributed by atoms with E-state index in [1.807, 2.05) is 12.2 Å². The molecule has 0 aliphatic carbocycles. The Balaban J connectivity index is 2.59. The van der Waals surface area contributed by atoms with Crippen LogP contribution in [-0.4, -0.2) is 0 Å². The van der Waals surface area contributed by atoms with Gasteiger partial charge in [-0.1, -0.05) is 112 Å². The van der Waals surface area contributed by atoms with E-state index < -0.39 is 5.41 Å². The van der Waals surface area contributed by atoms with Crippen LogP contribution in [0.2, 0.25) is 0 Å². The summed E-state index contributed by atoms with van der Waals surface area (Å²) in [6.45, 7) is 17.3. The third-order valence-electron chi connectivity index (χ3n) is 6.42. The van der Waals surface area contributed by atoms with E-state index in [9.17, 15) is 0 Å². The minimum Gasteiger partial charge on any atom is -0.310 e. The molecular formula is C33H37N. The lowest BCUT2D eigenvalue weighted by atomic mass is 9.60. The fraction of sp³-hybridized carbons (Fsp3) is 0.212. The van der Waals surface area contributed by atoms with Gasteiger partial charge in [0.15, 0.2) is 0 Å². The molecule has 1 aliphatic rings. The van der Waals surface area contributed by atoms with E-state index in [4.69, 9.17) is 0 Å². The number of allylic oxidation sites excluding steroid dienone is 10. The van der Waals surface area contributed by atoms with Crippen LogP contribution < -0.4 is 4.90 Å². The zero-order valence-corrected chi connectivity index (χ0v) is 21.1. The van der Waals surface area contributed by atoms with Crippen LogP contribution in [0.1, 0.15) is 46.1 Å². The van der Waals surface area contributed by atoms with Crippen LogP contribution in [0.5, 0.6) is 0 Å². The van der Waals surface area contributed by atoms with E-state index in [0.717, 1.165) is 29.8 Å². The van der Waals surface area contributed by atoms with E-state index in [2.05, 4.69) is 137 Å². The van der Waals surface area contributed by atoms with Gasteiger partial charge in [0.1, 0.15) is 0 Å². The predicted octanol–water partition coefficient (Wildman–Crippen LogP) is 9.22. The highest BCUT2D eigenvalue weighted by Gasteiger charge is 2.48. The van der Waals surface area contributed by atoms with Crippen molar-refractivity contribution in [3.8, 4) is 0 Å². The monoisotopic (exact) mass is 447 g/mol. The van der Waals surface area contributed by atoms with E-state index in [1.54, 1.807) is 0 Å². The van der Waals surface area contributed by atoms with E-state index >= 15 is 0 Å². The maximum Gasteiger partial charge on any atom is 0.0735 e. The zero-order valence-electron chi connectivity index (χ0n) is 21.1. The summed E-state index contributed by atoms with van der Waals surface area (Å²) in [7, 11) is 0. The molecular weight excluding hydrogens is 410 g/mol. The summed E-state index contributed by atoms with van der Waals surface area (Å²) in [5, 5.41) is 0. The second kappa shape index (κ2) is 11.5. The number of rotatable bonds is 8. The number of anilines is 1. The average molecular weight is 448 g/mol. The van der Waals surface area contributed by atoms with Crippen LogP contribution in [0.15, 0.2) is 144 Å². The van der Waals surface area contributed by atoms with Crippen molar-refractivity contribution in [2.45, 2.75) is 46.0 Å². The molecule has 0 radical (unpaired) electrons. The Morgan fingerprint density at radius 2 is 1.53 bits per heavy atom. The summed E-state index contributed by atoms with van der Waals surface area (Å²) in [5.41, 5.74) is 7.69. The Morgan fingerprint density at radius 1 is 0.882 bits per heavy atom. The molecule has 2 aromatic rings. The molecule has 1 unspecified atom stereocenters. The van der Waals surface area contributed by atoms with Gasteiger partial charge in [-0.15, -0.1) is 0 Å². The van der Waals surface area contributed by atoms with Gasteiger partial charge >= 0.3 is 0 Å². The van der Waals surface area contributed by atoms with Crippen LogP contribution >= 0.6 is 0 Å². The smallest absolute Gasteiger partial charge is 0.0735 e. The second-order valence-corrected chi connectivity index (χ2v) is 8.25. The lowest BCUT2D eigenvalue weighted by molar-refractivity contribution is 0.686. The normalized spacial score (nSPS) is 21.5. The summed E-state index contributed by atoms with van der Waals surface area (Å²) in [6.07, 6.45) is 17.3. The van der Waals surface area contributed by atoms with Gasteiger partial charge in [0.05, 0.1) is 11.1 Å². The van der Waals surface area contributed by atoms with Gasteiger partial charge in [-0.05, 0) is 67.2 Å². The Hall–Kier alpha value is -3.58. The SMILES string of the molecule is C=CC1=C(C=C)C(C(/C=C\CC)=C/C)(c2ccccc2)C(=C/C)/C(=C\CC)N1c1ccccc1. The van der Waals surface area contributed by atoms with Crippen molar-refractivity contribution in [2.24, 2.45) is 0 Å². The zero-order chi connectivity index (χ0) is 24.6. The van der Waals surface area contributed by atoms with Crippen LogP contribution in [0.25, 0.3) is 0 Å². The van der Waals surface area contributed by atoms with Gasteiger partial charge in [0.25, 0.3) is 0 Å². The van der Waals surface area contributed by atoms with E-state index in [1.165, 1.54) is 22.4 Å². The third kappa shape index (κ3) is 4.19. The summed E-state index contributed by atoms with van der Waals surface area (Å²) >= 11 is 0. The molecule has 0 saturated heterocycles. The van der Waals surface area contributed by atoms with Crippen LogP contribution in [0, 0.1) is 0 Å². The third-order valence-corrected chi connectivity index (χ3v) is 6.42. The van der Waals surface area contributed by atoms with Crippen molar-refractivity contribution in [1.29, 1.82) is 0 Å². The molecule has 1 heterocycles. The highest BCUT2D eigenvalue weighted by atomic mass is 15.2. The average Bonchev–Trinajstić information content (AvgIpc) is 2.89. The van der Waals surface area contributed by atoms with Gasteiger partial charge in [-0.3, -0.25) is 0 Å². The molecule has 1 heteroatoms.